The van der Waals surface area contributed by atoms with Crippen molar-refractivity contribution in [3.63, 3.8) is 0 Å². The van der Waals surface area contributed by atoms with E-state index in [1.807, 2.05) is 24.3 Å². The molecule has 0 saturated heterocycles. The van der Waals surface area contributed by atoms with Gasteiger partial charge >= 0.3 is 0 Å². The summed E-state index contributed by atoms with van der Waals surface area (Å²) in [6.07, 6.45) is 3.06. The second-order valence-electron chi connectivity index (χ2n) is 8.70. The third-order valence-corrected chi connectivity index (χ3v) is 9.25. The predicted molar refractivity (Wildman–Crippen MR) is 153 cm³/mol. The first-order valence-corrected chi connectivity index (χ1v) is 13.8. The molecule has 0 amide bonds. The molecule has 0 aliphatic heterocycles. The lowest BCUT2D eigenvalue weighted by Gasteiger charge is -2.36. The molecular weight excluding hydrogens is 688 g/mol. The molecule has 1 aliphatic rings. The Kier molecular flexibility index (Phi) is 5.37. The third kappa shape index (κ3) is 3.29. The van der Waals surface area contributed by atoms with Gasteiger partial charge in [-0.05, 0) is 138 Å². The predicted octanol–water partition coefficient (Wildman–Crippen LogP) is 8.50. The monoisotopic (exact) mass is 700 g/mol. The second kappa shape index (κ2) is 8.09. The topological polar surface area (TPSA) is 40.5 Å². The first kappa shape index (κ1) is 22.6. The fourth-order valence-corrected chi connectivity index (χ4v) is 7.62. The minimum Gasteiger partial charge on any atom is -0.506 e. The molecular formula is C28H16Br4O2. The van der Waals surface area contributed by atoms with Gasteiger partial charge in [0.25, 0.3) is 0 Å². The quantitative estimate of drug-likeness (QED) is 0.194. The van der Waals surface area contributed by atoms with Crippen LogP contribution in [0.1, 0.15) is 16.7 Å². The summed E-state index contributed by atoms with van der Waals surface area (Å²) in [4.78, 5) is 0. The van der Waals surface area contributed by atoms with Crippen LogP contribution >= 0.6 is 63.7 Å². The fraction of sp³-hybridized carbons (Fsp3) is 0.0714. The summed E-state index contributed by atoms with van der Waals surface area (Å²) in [6, 6.07) is 23.2. The molecule has 5 aromatic carbocycles. The molecule has 2 nitrogen and oxygen atoms in total. The molecule has 0 spiro atoms. The van der Waals surface area contributed by atoms with E-state index in [2.05, 4.69) is 112 Å². The van der Waals surface area contributed by atoms with Gasteiger partial charge in [-0.2, -0.15) is 0 Å². The average Bonchev–Trinajstić information content (AvgIpc) is 2.83. The molecule has 0 saturated carbocycles. The smallest absolute Gasteiger partial charge is 0.143 e. The maximum atomic E-state index is 10.4. The highest BCUT2D eigenvalue weighted by Crippen LogP contribution is 2.48. The summed E-state index contributed by atoms with van der Waals surface area (Å²) in [7, 11) is 0. The SMILES string of the molecule is Oc1c(Br)cc(C2(c3cc(Br)c(O)c(Br)c3)C=c3ccc4cccc5ccc(c3c54)C2)cc1Br. The fourth-order valence-electron chi connectivity index (χ4n) is 5.25. The number of phenols is 2. The third-order valence-electron chi connectivity index (χ3n) is 6.83. The van der Waals surface area contributed by atoms with Crippen molar-refractivity contribution in [2.45, 2.75) is 11.8 Å². The van der Waals surface area contributed by atoms with E-state index in [0.29, 0.717) is 17.9 Å². The molecule has 0 bridgehead atoms. The first-order chi connectivity index (χ1) is 16.3. The van der Waals surface area contributed by atoms with E-state index in [1.165, 1.54) is 32.3 Å². The van der Waals surface area contributed by atoms with E-state index >= 15 is 0 Å². The molecule has 0 fully saturated rings. The number of phenolic OH excluding ortho intramolecular Hbond substituents is 2. The Morgan fingerprint density at radius 1 is 0.618 bits per heavy atom. The zero-order valence-electron chi connectivity index (χ0n) is 17.5. The van der Waals surface area contributed by atoms with Crippen molar-refractivity contribution < 1.29 is 10.2 Å². The number of rotatable bonds is 2. The molecule has 0 atom stereocenters. The van der Waals surface area contributed by atoms with Gasteiger partial charge in [-0.25, -0.2) is 0 Å². The number of hydrogen-bond donors (Lipinski definition) is 2. The van der Waals surface area contributed by atoms with Gasteiger partial charge in [-0.3, -0.25) is 0 Å². The van der Waals surface area contributed by atoms with Gasteiger partial charge in [-0.1, -0.05) is 48.5 Å². The van der Waals surface area contributed by atoms with Gasteiger partial charge in [0.05, 0.1) is 17.9 Å². The van der Waals surface area contributed by atoms with Crippen LogP contribution in [0.2, 0.25) is 0 Å². The minimum atomic E-state index is -0.538. The lowest BCUT2D eigenvalue weighted by molar-refractivity contribution is 0.467. The Balaban J connectivity index is 1.76. The van der Waals surface area contributed by atoms with Gasteiger partial charge in [0.1, 0.15) is 11.5 Å². The summed E-state index contributed by atoms with van der Waals surface area (Å²) in [5, 5.41) is 27.1. The summed E-state index contributed by atoms with van der Waals surface area (Å²) < 4.78 is 2.49. The lowest BCUT2D eigenvalue weighted by Crippen LogP contribution is -2.34. The van der Waals surface area contributed by atoms with E-state index in [-0.39, 0.29) is 11.5 Å². The zero-order chi connectivity index (χ0) is 23.8. The van der Waals surface area contributed by atoms with Crippen molar-refractivity contribution in [2.24, 2.45) is 0 Å². The summed E-state index contributed by atoms with van der Waals surface area (Å²) in [5.41, 5.74) is 2.78. The summed E-state index contributed by atoms with van der Waals surface area (Å²) >= 11 is 14.1. The van der Waals surface area contributed by atoms with Crippen molar-refractivity contribution >= 4 is 91.3 Å². The zero-order valence-corrected chi connectivity index (χ0v) is 23.9. The summed E-state index contributed by atoms with van der Waals surface area (Å²) in [5.74, 6) is 0.341. The normalized spacial score (nSPS) is 14.5. The first-order valence-electron chi connectivity index (χ1n) is 10.6. The van der Waals surface area contributed by atoms with Crippen LogP contribution in [0.5, 0.6) is 11.5 Å². The molecule has 0 radical (unpaired) electrons. The molecule has 6 heteroatoms. The van der Waals surface area contributed by atoms with E-state index in [1.54, 1.807) is 0 Å². The van der Waals surface area contributed by atoms with Gasteiger partial charge in [0, 0.05) is 5.41 Å². The molecule has 5 aromatic rings. The molecule has 168 valence electrons. The van der Waals surface area contributed by atoms with Gasteiger partial charge < -0.3 is 10.2 Å². The van der Waals surface area contributed by atoms with Gasteiger partial charge in [-0.15, -0.1) is 0 Å². The highest BCUT2D eigenvalue weighted by Gasteiger charge is 2.37. The molecule has 0 unspecified atom stereocenters. The van der Waals surface area contributed by atoms with Crippen LogP contribution in [-0.4, -0.2) is 10.2 Å². The standard InChI is InChI=1S/C28H16Br4O2/c29-20-8-18(9-21(30)26(20)33)28(19-10-22(31)27(34)23(32)11-19)12-16-6-4-14-2-1-3-15-5-7-17(13-28)25(16)24(14)15/h1-12,33-34H,13H2. The van der Waals surface area contributed by atoms with Crippen LogP contribution in [0.4, 0.5) is 0 Å². The van der Waals surface area contributed by atoms with Crippen molar-refractivity contribution in [1.82, 2.24) is 0 Å². The van der Waals surface area contributed by atoms with Crippen molar-refractivity contribution in [1.29, 1.82) is 0 Å². The van der Waals surface area contributed by atoms with Crippen molar-refractivity contribution in [3.8, 4) is 11.5 Å². The molecule has 0 aromatic heterocycles. The van der Waals surface area contributed by atoms with E-state index < -0.39 is 5.41 Å². The number of hydrogen-bond acceptors (Lipinski definition) is 2. The van der Waals surface area contributed by atoms with E-state index in [0.717, 1.165) is 17.5 Å². The van der Waals surface area contributed by atoms with Gasteiger partial charge in [0.15, 0.2) is 0 Å². The van der Waals surface area contributed by atoms with Crippen LogP contribution < -0.4 is 5.22 Å². The van der Waals surface area contributed by atoms with E-state index in [9.17, 15) is 10.2 Å². The van der Waals surface area contributed by atoms with Crippen LogP contribution in [0.25, 0.3) is 27.6 Å². The number of aromatic hydroxyl groups is 2. The number of halogens is 4. The molecule has 1 aliphatic carbocycles. The Morgan fingerprint density at radius 3 is 1.65 bits per heavy atom. The maximum Gasteiger partial charge on any atom is 0.143 e. The Bertz CT molecular complexity index is 1590. The highest BCUT2D eigenvalue weighted by molar-refractivity contribution is 9.11. The number of benzene rings is 5. The van der Waals surface area contributed by atoms with Gasteiger partial charge in [0.2, 0.25) is 0 Å². The molecule has 2 N–H and O–H groups in total. The van der Waals surface area contributed by atoms with Crippen LogP contribution in [0.15, 0.2) is 84.6 Å². The van der Waals surface area contributed by atoms with Crippen LogP contribution in [0, 0.1) is 0 Å². The summed E-state index contributed by atoms with van der Waals surface area (Å²) in [6.45, 7) is 0. The highest BCUT2D eigenvalue weighted by atomic mass is 79.9. The molecule has 6 rings (SSSR count). The Morgan fingerprint density at radius 2 is 1.12 bits per heavy atom. The Hall–Kier alpha value is -1.86. The largest absolute Gasteiger partial charge is 0.506 e. The van der Waals surface area contributed by atoms with Crippen molar-refractivity contribution in [3.05, 3.63) is 107 Å². The van der Waals surface area contributed by atoms with Crippen molar-refractivity contribution in [2.75, 3.05) is 0 Å². The van der Waals surface area contributed by atoms with E-state index in [4.69, 9.17) is 0 Å². The lowest BCUT2D eigenvalue weighted by atomic mass is 9.67. The van der Waals surface area contributed by atoms with Crippen LogP contribution in [0.3, 0.4) is 0 Å². The Labute approximate surface area is 229 Å². The maximum absolute atomic E-state index is 10.4. The minimum absolute atomic E-state index is 0.170. The molecule has 0 heterocycles. The average molecular weight is 704 g/mol. The van der Waals surface area contributed by atoms with Crippen LogP contribution in [-0.2, 0) is 11.8 Å². The molecule has 34 heavy (non-hydrogen) atoms. The second-order valence-corrected chi connectivity index (χ2v) is 12.1.